The molecule has 1 heterocycles. The summed E-state index contributed by atoms with van der Waals surface area (Å²) in [6, 6.07) is 11.3. The van der Waals surface area contributed by atoms with Gasteiger partial charge in [-0.3, -0.25) is 4.90 Å². The van der Waals surface area contributed by atoms with Crippen LogP contribution in [0.3, 0.4) is 0 Å². The molecule has 1 aromatic carbocycles. The van der Waals surface area contributed by atoms with Crippen LogP contribution in [-0.4, -0.2) is 50.3 Å². The van der Waals surface area contributed by atoms with Crippen molar-refractivity contribution in [1.29, 1.82) is 0 Å². The molecule has 3 heteroatoms. The van der Waals surface area contributed by atoms with Gasteiger partial charge in [0.05, 0.1) is 13.2 Å². The Morgan fingerprint density at radius 1 is 1.20 bits per heavy atom. The molecule has 3 nitrogen and oxygen atoms in total. The van der Waals surface area contributed by atoms with Crippen LogP contribution in [0.25, 0.3) is 0 Å². The maximum absolute atomic E-state index is 5.36. The highest BCUT2D eigenvalue weighted by Crippen LogP contribution is 2.05. The van der Waals surface area contributed by atoms with Crippen molar-refractivity contribution in [3.05, 3.63) is 35.9 Å². The predicted molar refractivity (Wildman–Crippen MR) is 84.1 cm³/mol. The minimum absolute atomic E-state index is 0.597. The van der Waals surface area contributed by atoms with Gasteiger partial charge in [-0.2, -0.15) is 0 Å². The van der Waals surface area contributed by atoms with Crippen molar-refractivity contribution in [2.24, 2.45) is 0 Å². The molecule has 1 aliphatic rings. The maximum Gasteiger partial charge on any atom is 0.0594 e. The van der Waals surface area contributed by atoms with E-state index in [9.17, 15) is 0 Å². The first-order chi connectivity index (χ1) is 9.84. The Morgan fingerprint density at radius 2 is 1.95 bits per heavy atom. The Kier molecular flexibility index (Phi) is 7.06. The molecule has 1 N–H and O–H groups in total. The zero-order valence-corrected chi connectivity index (χ0v) is 12.7. The van der Waals surface area contributed by atoms with E-state index in [2.05, 4.69) is 47.5 Å². The number of rotatable bonds is 8. The summed E-state index contributed by atoms with van der Waals surface area (Å²) in [4.78, 5) is 2.50. The van der Waals surface area contributed by atoms with Crippen LogP contribution >= 0.6 is 0 Å². The molecule has 0 spiro atoms. The van der Waals surface area contributed by atoms with Crippen LogP contribution in [0.5, 0.6) is 0 Å². The second kappa shape index (κ2) is 9.11. The van der Waals surface area contributed by atoms with Crippen molar-refractivity contribution in [2.75, 3.05) is 39.4 Å². The SMILES string of the molecule is C[C@H](CCc1ccccc1)NCCCN1CCOCC1. The number of hydrogen-bond donors (Lipinski definition) is 1. The molecule has 0 radical (unpaired) electrons. The third-order valence-corrected chi connectivity index (χ3v) is 3.96. The van der Waals surface area contributed by atoms with Crippen LogP contribution in [-0.2, 0) is 11.2 Å². The molecule has 0 aromatic heterocycles. The fourth-order valence-corrected chi connectivity index (χ4v) is 2.61. The van der Waals surface area contributed by atoms with Crippen LogP contribution in [0.4, 0.5) is 0 Å². The van der Waals surface area contributed by atoms with Gasteiger partial charge in [0.1, 0.15) is 0 Å². The molecule has 0 amide bonds. The van der Waals surface area contributed by atoms with Gasteiger partial charge >= 0.3 is 0 Å². The van der Waals surface area contributed by atoms with Crippen LogP contribution in [0.1, 0.15) is 25.3 Å². The van der Waals surface area contributed by atoms with Crippen molar-refractivity contribution in [1.82, 2.24) is 10.2 Å². The lowest BCUT2D eigenvalue weighted by atomic mass is 10.1. The molecule has 0 aliphatic carbocycles. The van der Waals surface area contributed by atoms with Crippen LogP contribution < -0.4 is 5.32 Å². The molecule has 1 atom stereocenters. The van der Waals surface area contributed by atoms with E-state index in [-0.39, 0.29) is 0 Å². The third kappa shape index (κ3) is 6.04. The maximum atomic E-state index is 5.36. The third-order valence-electron chi connectivity index (χ3n) is 3.96. The van der Waals surface area contributed by atoms with E-state index in [1.807, 2.05) is 0 Å². The number of nitrogens with zero attached hydrogens (tertiary/aromatic N) is 1. The molecule has 1 saturated heterocycles. The summed E-state index contributed by atoms with van der Waals surface area (Å²) < 4.78 is 5.36. The molecule has 1 aliphatic heterocycles. The lowest BCUT2D eigenvalue weighted by Gasteiger charge is -2.26. The van der Waals surface area contributed by atoms with Gasteiger partial charge in [0.15, 0.2) is 0 Å². The molecule has 0 saturated carbocycles. The molecule has 112 valence electrons. The van der Waals surface area contributed by atoms with Crippen molar-refractivity contribution >= 4 is 0 Å². The number of nitrogens with one attached hydrogen (secondary N) is 1. The lowest BCUT2D eigenvalue weighted by Crippen LogP contribution is -2.38. The van der Waals surface area contributed by atoms with Crippen molar-refractivity contribution in [2.45, 2.75) is 32.2 Å². The van der Waals surface area contributed by atoms with Gasteiger partial charge in [-0.25, -0.2) is 0 Å². The Balaban J connectivity index is 1.50. The molecule has 20 heavy (non-hydrogen) atoms. The van der Waals surface area contributed by atoms with Crippen molar-refractivity contribution in [3.63, 3.8) is 0 Å². The minimum Gasteiger partial charge on any atom is -0.379 e. The van der Waals surface area contributed by atoms with Crippen LogP contribution in [0, 0.1) is 0 Å². The zero-order chi connectivity index (χ0) is 14.0. The van der Waals surface area contributed by atoms with E-state index < -0.39 is 0 Å². The summed E-state index contributed by atoms with van der Waals surface area (Å²) in [5.74, 6) is 0. The van der Waals surface area contributed by atoms with Crippen LogP contribution in [0.2, 0.25) is 0 Å². The first-order valence-corrected chi connectivity index (χ1v) is 7.92. The monoisotopic (exact) mass is 276 g/mol. The average Bonchev–Trinajstić information content (AvgIpc) is 2.52. The minimum atomic E-state index is 0.597. The van der Waals surface area contributed by atoms with Gasteiger partial charge in [0.25, 0.3) is 0 Å². The first kappa shape index (κ1) is 15.5. The average molecular weight is 276 g/mol. The van der Waals surface area contributed by atoms with E-state index in [1.165, 1.54) is 31.4 Å². The van der Waals surface area contributed by atoms with Gasteiger partial charge in [-0.1, -0.05) is 30.3 Å². The fourth-order valence-electron chi connectivity index (χ4n) is 2.61. The van der Waals surface area contributed by atoms with E-state index >= 15 is 0 Å². The number of benzene rings is 1. The van der Waals surface area contributed by atoms with E-state index in [1.54, 1.807) is 0 Å². The molecular formula is C17H28N2O. The molecule has 2 rings (SSSR count). The Hall–Kier alpha value is -0.900. The second-order valence-electron chi connectivity index (χ2n) is 5.69. The van der Waals surface area contributed by atoms with E-state index in [4.69, 9.17) is 4.74 Å². The highest BCUT2D eigenvalue weighted by Gasteiger charge is 2.09. The fraction of sp³-hybridized carbons (Fsp3) is 0.647. The van der Waals surface area contributed by atoms with Crippen molar-refractivity contribution < 1.29 is 4.74 Å². The second-order valence-corrected chi connectivity index (χ2v) is 5.69. The zero-order valence-electron chi connectivity index (χ0n) is 12.7. The summed E-state index contributed by atoms with van der Waals surface area (Å²) in [6.45, 7) is 8.61. The largest absolute Gasteiger partial charge is 0.379 e. The number of morpholine rings is 1. The molecule has 0 unspecified atom stereocenters. The molecule has 1 fully saturated rings. The first-order valence-electron chi connectivity index (χ1n) is 7.92. The topological polar surface area (TPSA) is 24.5 Å². The van der Waals surface area contributed by atoms with Gasteiger partial charge < -0.3 is 10.1 Å². The van der Waals surface area contributed by atoms with Gasteiger partial charge in [-0.15, -0.1) is 0 Å². The highest BCUT2D eigenvalue weighted by atomic mass is 16.5. The summed E-state index contributed by atoms with van der Waals surface area (Å²) >= 11 is 0. The summed E-state index contributed by atoms with van der Waals surface area (Å²) in [5, 5.41) is 3.63. The summed E-state index contributed by atoms with van der Waals surface area (Å²) in [6.07, 6.45) is 3.61. The Morgan fingerprint density at radius 3 is 2.70 bits per heavy atom. The quantitative estimate of drug-likeness (QED) is 0.738. The van der Waals surface area contributed by atoms with Gasteiger partial charge in [-0.05, 0) is 44.8 Å². The molecule has 1 aromatic rings. The number of ether oxygens (including phenoxy) is 1. The smallest absolute Gasteiger partial charge is 0.0594 e. The number of hydrogen-bond acceptors (Lipinski definition) is 3. The normalized spacial score (nSPS) is 18.1. The Labute approximate surface area is 123 Å². The lowest BCUT2D eigenvalue weighted by molar-refractivity contribution is 0.0374. The predicted octanol–water partition coefficient (Wildman–Crippen LogP) is 2.32. The highest BCUT2D eigenvalue weighted by molar-refractivity contribution is 5.14. The summed E-state index contributed by atoms with van der Waals surface area (Å²) in [5.41, 5.74) is 1.44. The van der Waals surface area contributed by atoms with E-state index in [0.717, 1.165) is 32.8 Å². The standard InChI is InChI=1S/C17H28N2O/c1-16(8-9-17-6-3-2-4-7-17)18-10-5-11-19-12-14-20-15-13-19/h2-4,6-7,16,18H,5,8-15H2,1H3/t16-/m1/s1. The molecular weight excluding hydrogens is 248 g/mol. The number of aryl methyl sites for hydroxylation is 1. The summed E-state index contributed by atoms with van der Waals surface area (Å²) in [7, 11) is 0. The van der Waals surface area contributed by atoms with E-state index in [0.29, 0.717) is 6.04 Å². The van der Waals surface area contributed by atoms with Crippen LogP contribution in [0.15, 0.2) is 30.3 Å². The van der Waals surface area contributed by atoms with Gasteiger partial charge in [0.2, 0.25) is 0 Å². The van der Waals surface area contributed by atoms with Crippen molar-refractivity contribution in [3.8, 4) is 0 Å². The Bertz CT molecular complexity index is 349. The molecule has 0 bridgehead atoms. The van der Waals surface area contributed by atoms with Gasteiger partial charge in [0, 0.05) is 19.1 Å².